The summed E-state index contributed by atoms with van der Waals surface area (Å²) < 4.78 is 0. The Labute approximate surface area is 153 Å². The summed E-state index contributed by atoms with van der Waals surface area (Å²) in [7, 11) is 0. The molecule has 2 aliphatic heterocycles. The van der Waals surface area contributed by atoms with Crippen LogP contribution >= 0.6 is 0 Å². The highest BCUT2D eigenvalue weighted by atomic mass is 16.1. The SMILES string of the molecule is O=C1NCCC2c3c(cccc31)NC2c1ccc(-c2ccccc2)cc1. The minimum Gasteiger partial charge on any atom is -0.377 e. The summed E-state index contributed by atoms with van der Waals surface area (Å²) in [4.78, 5) is 12.3. The van der Waals surface area contributed by atoms with Gasteiger partial charge in [-0.15, -0.1) is 0 Å². The van der Waals surface area contributed by atoms with Gasteiger partial charge in [0.2, 0.25) is 0 Å². The van der Waals surface area contributed by atoms with E-state index in [-0.39, 0.29) is 11.9 Å². The molecule has 0 radical (unpaired) electrons. The van der Waals surface area contributed by atoms with Crippen molar-refractivity contribution < 1.29 is 4.79 Å². The highest BCUT2D eigenvalue weighted by Crippen LogP contribution is 2.48. The van der Waals surface area contributed by atoms with E-state index in [2.05, 4.69) is 65.2 Å². The quantitative estimate of drug-likeness (QED) is 0.707. The van der Waals surface area contributed by atoms with E-state index in [0.717, 1.165) is 24.2 Å². The molecular formula is C23H20N2O. The van der Waals surface area contributed by atoms with E-state index in [9.17, 15) is 4.79 Å². The molecule has 2 unspecified atom stereocenters. The van der Waals surface area contributed by atoms with Gasteiger partial charge in [0, 0.05) is 23.7 Å². The second kappa shape index (κ2) is 6.03. The molecule has 2 N–H and O–H groups in total. The Morgan fingerprint density at radius 3 is 2.38 bits per heavy atom. The first-order chi connectivity index (χ1) is 12.8. The number of hydrogen-bond acceptors (Lipinski definition) is 2. The molecule has 0 fully saturated rings. The molecule has 2 heterocycles. The molecule has 2 atom stereocenters. The fourth-order valence-electron chi connectivity index (χ4n) is 4.30. The summed E-state index contributed by atoms with van der Waals surface area (Å²) in [5.74, 6) is 0.369. The predicted molar refractivity (Wildman–Crippen MR) is 104 cm³/mol. The van der Waals surface area contributed by atoms with Crippen molar-refractivity contribution in [1.29, 1.82) is 0 Å². The first-order valence-electron chi connectivity index (χ1n) is 9.14. The van der Waals surface area contributed by atoms with Crippen LogP contribution in [0.5, 0.6) is 0 Å². The van der Waals surface area contributed by atoms with Crippen molar-refractivity contribution in [3.63, 3.8) is 0 Å². The van der Waals surface area contributed by atoms with Gasteiger partial charge >= 0.3 is 0 Å². The third-order valence-electron chi connectivity index (χ3n) is 5.55. The number of benzene rings is 3. The average Bonchev–Trinajstić information content (AvgIpc) is 2.98. The fraction of sp³-hybridized carbons (Fsp3) is 0.174. The maximum Gasteiger partial charge on any atom is 0.251 e. The Morgan fingerprint density at radius 2 is 1.58 bits per heavy atom. The lowest BCUT2D eigenvalue weighted by atomic mass is 9.86. The molecule has 0 aromatic heterocycles. The van der Waals surface area contributed by atoms with Gasteiger partial charge in [-0.2, -0.15) is 0 Å². The van der Waals surface area contributed by atoms with Crippen molar-refractivity contribution in [3.8, 4) is 11.1 Å². The minimum atomic E-state index is 0.0474. The van der Waals surface area contributed by atoms with Crippen LogP contribution in [-0.2, 0) is 0 Å². The zero-order valence-electron chi connectivity index (χ0n) is 14.4. The molecule has 3 aromatic rings. The second-order valence-electron chi connectivity index (χ2n) is 7.03. The Bertz CT molecular complexity index is 963. The van der Waals surface area contributed by atoms with E-state index in [1.807, 2.05) is 18.2 Å². The Hall–Kier alpha value is -3.07. The molecule has 0 saturated heterocycles. The molecule has 3 nitrogen and oxygen atoms in total. The van der Waals surface area contributed by atoms with Gasteiger partial charge < -0.3 is 10.6 Å². The molecule has 5 rings (SSSR count). The highest BCUT2D eigenvalue weighted by molar-refractivity contribution is 5.98. The molecule has 0 saturated carbocycles. The molecule has 0 aliphatic carbocycles. The van der Waals surface area contributed by atoms with Crippen LogP contribution in [0.25, 0.3) is 11.1 Å². The van der Waals surface area contributed by atoms with E-state index < -0.39 is 0 Å². The van der Waals surface area contributed by atoms with E-state index in [1.165, 1.54) is 22.3 Å². The van der Waals surface area contributed by atoms with Crippen LogP contribution in [0.2, 0.25) is 0 Å². The molecule has 26 heavy (non-hydrogen) atoms. The number of rotatable bonds is 2. The summed E-state index contributed by atoms with van der Waals surface area (Å²) in [6.45, 7) is 0.720. The summed E-state index contributed by atoms with van der Waals surface area (Å²) in [6, 6.07) is 25.4. The molecule has 1 amide bonds. The summed E-state index contributed by atoms with van der Waals surface area (Å²) in [5, 5.41) is 6.69. The van der Waals surface area contributed by atoms with Crippen LogP contribution in [0.4, 0.5) is 5.69 Å². The van der Waals surface area contributed by atoms with Gasteiger partial charge in [-0.1, -0.05) is 60.7 Å². The average molecular weight is 340 g/mol. The third-order valence-corrected chi connectivity index (χ3v) is 5.55. The summed E-state index contributed by atoms with van der Waals surface area (Å²) >= 11 is 0. The van der Waals surface area contributed by atoms with Gasteiger partial charge in [-0.25, -0.2) is 0 Å². The van der Waals surface area contributed by atoms with E-state index >= 15 is 0 Å². The Morgan fingerprint density at radius 1 is 0.808 bits per heavy atom. The van der Waals surface area contributed by atoms with Gasteiger partial charge in [-0.3, -0.25) is 4.79 Å². The molecule has 128 valence electrons. The van der Waals surface area contributed by atoms with Crippen LogP contribution in [0.1, 0.15) is 39.9 Å². The summed E-state index contributed by atoms with van der Waals surface area (Å²) in [5.41, 5.74) is 6.82. The van der Waals surface area contributed by atoms with Gasteiger partial charge in [-0.05, 0) is 40.8 Å². The summed E-state index contributed by atoms with van der Waals surface area (Å²) in [6.07, 6.45) is 0.952. The minimum absolute atomic E-state index is 0.0474. The van der Waals surface area contributed by atoms with Crippen LogP contribution in [-0.4, -0.2) is 12.5 Å². The predicted octanol–water partition coefficient (Wildman–Crippen LogP) is 4.74. The highest BCUT2D eigenvalue weighted by Gasteiger charge is 2.37. The topological polar surface area (TPSA) is 41.1 Å². The number of amides is 1. The Balaban J connectivity index is 1.51. The van der Waals surface area contributed by atoms with Crippen molar-refractivity contribution in [1.82, 2.24) is 5.32 Å². The number of anilines is 1. The largest absolute Gasteiger partial charge is 0.377 e. The zero-order chi connectivity index (χ0) is 17.5. The van der Waals surface area contributed by atoms with Crippen molar-refractivity contribution >= 4 is 11.6 Å². The van der Waals surface area contributed by atoms with Gasteiger partial charge in [0.05, 0.1) is 6.04 Å². The fourth-order valence-corrected chi connectivity index (χ4v) is 4.30. The van der Waals surface area contributed by atoms with E-state index in [0.29, 0.717) is 5.92 Å². The van der Waals surface area contributed by atoms with Crippen LogP contribution in [0.3, 0.4) is 0 Å². The first-order valence-corrected chi connectivity index (χ1v) is 9.14. The van der Waals surface area contributed by atoms with Crippen molar-refractivity contribution in [3.05, 3.63) is 89.5 Å². The van der Waals surface area contributed by atoms with Crippen molar-refractivity contribution in [2.24, 2.45) is 0 Å². The molecular weight excluding hydrogens is 320 g/mol. The van der Waals surface area contributed by atoms with Gasteiger partial charge in [0.1, 0.15) is 0 Å². The van der Waals surface area contributed by atoms with Crippen molar-refractivity contribution in [2.45, 2.75) is 18.4 Å². The normalized spacial score (nSPS) is 20.7. The Kier molecular flexibility index (Phi) is 3.52. The molecule has 3 aromatic carbocycles. The number of nitrogens with one attached hydrogen (secondary N) is 2. The molecule has 0 bridgehead atoms. The number of hydrogen-bond donors (Lipinski definition) is 2. The molecule has 2 aliphatic rings. The smallest absolute Gasteiger partial charge is 0.251 e. The lowest BCUT2D eigenvalue weighted by molar-refractivity contribution is 0.0956. The number of carbonyl (C=O) groups is 1. The van der Waals surface area contributed by atoms with E-state index in [4.69, 9.17) is 0 Å². The third kappa shape index (κ3) is 2.39. The van der Waals surface area contributed by atoms with Crippen molar-refractivity contribution in [2.75, 3.05) is 11.9 Å². The van der Waals surface area contributed by atoms with E-state index in [1.54, 1.807) is 0 Å². The lowest BCUT2D eigenvalue weighted by Gasteiger charge is -2.20. The van der Waals surface area contributed by atoms with Gasteiger partial charge in [0.15, 0.2) is 0 Å². The van der Waals surface area contributed by atoms with Crippen LogP contribution in [0.15, 0.2) is 72.8 Å². The first kappa shape index (κ1) is 15.2. The maximum absolute atomic E-state index is 12.3. The molecule has 3 heteroatoms. The lowest BCUT2D eigenvalue weighted by Crippen LogP contribution is -2.23. The molecule has 0 spiro atoms. The standard InChI is InChI=1S/C23H20N2O/c26-23-19-7-4-8-20-21(19)18(13-14-24-23)22(25-20)17-11-9-16(10-12-17)15-5-2-1-3-6-15/h1-12,18,22,25H,13-14H2,(H,24,26). The second-order valence-corrected chi connectivity index (χ2v) is 7.03. The monoisotopic (exact) mass is 340 g/mol. The van der Waals surface area contributed by atoms with Gasteiger partial charge in [0.25, 0.3) is 5.91 Å². The van der Waals surface area contributed by atoms with Crippen LogP contribution < -0.4 is 10.6 Å². The maximum atomic E-state index is 12.3. The zero-order valence-corrected chi connectivity index (χ0v) is 14.4. The van der Waals surface area contributed by atoms with Crippen LogP contribution in [0, 0.1) is 0 Å². The number of carbonyl (C=O) groups excluding carboxylic acids is 1.